The molecule has 0 heterocycles. The molecule has 126 valence electrons. The average Bonchev–Trinajstić information content (AvgIpc) is 2.52. The van der Waals surface area contributed by atoms with E-state index < -0.39 is 5.66 Å². The minimum absolute atomic E-state index is 0.245. The number of para-hydroxylation sites is 1. The molecular formula is C17H27N5O. The highest BCUT2D eigenvalue weighted by Gasteiger charge is 2.34. The van der Waals surface area contributed by atoms with Gasteiger partial charge in [-0.05, 0) is 58.6 Å². The Hall–Kier alpha value is -2.11. The zero-order chi connectivity index (χ0) is 16.8. The summed E-state index contributed by atoms with van der Waals surface area (Å²) in [5.74, 6) is 0. The van der Waals surface area contributed by atoms with Crippen LogP contribution in [0.3, 0.4) is 0 Å². The largest absolute Gasteiger partial charge is 0.335 e. The Bertz CT molecular complexity index is 530. The van der Waals surface area contributed by atoms with Crippen molar-refractivity contribution in [2.45, 2.75) is 64.1 Å². The number of nitrogens with zero attached hydrogens (tertiary/aromatic N) is 2. The molecule has 1 aliphatic rings. The Labute approximate surface area is 138 Å². The van der Waals surface area contributed by atoms with E-state index in [2.05, 4.69) is 26.4 Å². The fourth-order valence-electron chi connectivity index (χ4n) is 2.53. The number of azo groups is 1. The van der Waals surface area contributed by atoms with Crippen LogP contribution in [0.1, 0.15) is 52.9 Å². The molecule has 0 radical (unpaired) electrons. The Morgan fingerprint density at radius 2 is 1.74 bits per heavy atom. The maximum atomic E-state index is 12.2. The van der Waals surface area contributed by atoms with Gasteiger partial charge >= 0.3 is 6.03 Å². The smallest absolute Gasteiger partial charge is 0.311 e. The Kier molecular flexibility index (Phi) is 5.58. The minimum atomic E-state index is -0.589. The SMILES string of the molecule is CC(C)(C)N=NC1(NC(=O)NNc2ccccc2)CCCCC1. The number of hydrogen-bond donors (Lipinski definition) is 3. The second kappa shape index (κ2) is 7.44. The van der Waals surface area contributed by atoms with Crippen molar-refractivity contribution in [1.29, 1.82) is 0 Å². The van der Waals surface area contributed by atoms with Crippen LogP contribution in [-0.2, 0) is 0 Å². The van der Waals surface area contributed by atoms with E-state index in [4.69, 9.17) is 0 Å². The lowest BCUT2D eigenvalue weighted by molar-refractivity contribution is 0.200. The molecule has 6 nitrogen and oxygen atoms in total. The van der Waals surface area contributed by atoms with Crippen molar-refractivity contribution in [2.24, 2.45) is 10.2 Å². The van der Waals surface area contributed by atoms with Gasteiger partial charge in [0.25, 0.3) is 0 Å². The van der Waals surface area contributed by atoms with Gasteiger partial charge in [-0.2, -0.15) is 10.2 Å². The van der Waals surface area contributed by atoms with Crippen LogP contribution in [0.5, 0.6) is 0 Å². The van der Waals surface area contributed by atoms with Gasteiger partial charge in [0.1, 0.15) is 0 Å². The number of rotatable bonds is 4. The van der Waals surface area contributed by atoms with E-state index in [1.165, 1.54) is 6.42 Å². The van der Waals surface area contributed by atoms with Crippen LogP contribution >= 0.6 is 0 Å². The number of amides is 2. The fourth-order valence-corrected chi connectivity index (χ4v) is 2.53. The van der Waals surface area contributed by atoms with E-state index in [0.29, 0.717) is 0 Å². The number of nitrogens with one attached hydrogen (secondary N) is 3. The summed E-state index contributed by atoms with van der Waals surface area (Å²) in [7, 11) is 0. The number of benzene rings is 1. The van der Waals surface area contributed by atoms with Gasteiger partial charge < -0.3 is 5.32 Å². The van der Waals surface area contributed by atoms with E-state index in [1.54, 1.807) is 0 Å². The summed E-state index contributed by atoms with van der Waals surface area (Å²) >= 11 is 0. The van der Waals surface area contributed by atoms with Gasteiger partial charge in [-0.15, -0.1) is 0 Å². The molecule has 23 heavy (non-hydrogen) atoms. The molecule has 1 aromatic rings. The molecule has 1 saturated carbocycles. The van der Waals surface area contributed by atoms with Crippen LogP contribution < -0.4 is 16.2 Å². The molecule has 3 N–H and O–H groups in total. The van der Waals surface area contributed by atoms with Crippen LogP contribution in [0, 0.1) is 0 Å². The first-order valence-electron chi connectivity index (χ1n) is 8.22. The van der Waals surface area contributed by atoms with Gasteiger partial charge in [0.2, 0.25) is 0 Å². The summed E-state index contributed by atoms with van der Waals surface area (Å²) in [5, 5.41) is 11.9. The normalized spacial score (nSPS) is 17.7. The van der Waals surface area contributed by atoms with E-state index in [9.17, 15) is 4.79 Å². The number of carbonyl (C=O) groups is 1. The molecule has 1 fully saturated rings. The molecule has 2 amide bonds. The predicted octanol–water partition coefficient (Wildman–Crippen LogP) is 4.22. The van der Waals surface area contributed by atoms with Crippen molar-refractivity contribution in [3.05, 3.63) is 30.3 Å². The highest BCUT2D eigenvalue weighted by Crippen LogP contribution is 2.30. The van der Waals surface area contributed by atoms with Crippen molar-refractivity contribution in [2.75, 3.05) is 5.43 Å². The van der Waals surface area contributed by atoms with Crippen LogP contribution in [0.2, 0.25) is 0 Å². The molecule has 0 atom stereocenters. The van der Waals surface area contributed by atoms with E-state index in [1.807, 2.05) is 51.1 Å². The van der Waals surface area contributed by atoms with Crippen LogP contribution in [-0.4, -0.2) is 17.2 Å². The van der Waals surface area contributed by atoms with Crippen molar-refractivity contribution < 1.29 is 4.79 Å². The highest BCUT2D eigenvalue weighted by atomic mass is 16.2. The van der Waals surface area contributed by atoms with Gasteiger partial charge in [-0.1, -0.05) is 24.6 Å². The van der Waals surface area contributed by atoms with Crippen LogP contribution in [0.4, 0.5) is 10.5 Å². The Morgan fingerprint density at radius 3 is 2.35 bits per heavy atom. The number of anilines is 1. The predicted molar refractivity (Wildman–Crippen MR) is 92.2 cm³/mol. The van der Waals surface area contributed by atoms with E-state index >= 15 is 0 Å². The average molecular weight is 317 g/mol. The summed E-state index contributed by atoms with van der Waals surface area (Å²) in [6.45, 7) is 6.01. The maximum absolute atomic E-state index is 12.2. The highest BCUT2D eigenvalue weighted by molar-refractivity contribution is 5.76. The van der Waals surface area contributed by atoms with Gasteiger partial charge in [0, 0.05) is 0 Å². The van der Waals surface area contributed by atoms with Gasteiger partial charge in [-0.25, -0.2) is 4.79 Å². The molecule has 0 saturated heterocycles. The molecule has 6 heteroatoms. The van der Waals surface area contributed by atoms with Crippen molar-refractivity contribution >= 4 is 11.7 Å². The van der Waals surface area contributed by atoms with Crippen molar-refractivity contribution in [3.8, 4) is 0 Å². The van der Waals surface area contributed by atoms with Crippen LogP contribution in [0.15, 0.2) is 40.6 Å². The molecule has 1 aromatic carbocycles. The summed E-state index contributed by atoms with van der Waals surface area (Å²) in [6, 6.07) is 9.22. The summed E-state index contributed by atoms with van der Waals surface area (Å²) in [4.78, 5) is 12.2. The summed E-state index contributed by atoms with van der Waals surface area (Å²) in [6.07, 6.45) is 4.93. The first-order valence-corrected chi connectivity index (χ1v) is 8.22. The number of hydrogen-bond acceptors (Lipinski definition) is 4. The number of carbonyl (C=O) groups excluding carboxylic acids is 1. The number of hydrazine groups is 1. The van der Waals surface area contributed by atoms with Gasteiger partial charge in [0.15, 0.2) is 5.66 Å². The zero-order valence-electron chi connectivity index (χ0n) is 14.2. The van der Waals surface area contributed by atoms with Gasteiger partial charge in [-0.3, -0.25) is 10.9 Å². The lowest BCUT2D eigenvalue weighted by Crippen LogP contribution is -2.53. The topological polar surface area (TPSA) is 77.9 Å². The summed E-state index contributed by atoms with van der Waals surface area (Å²) in [5.41, 5.74) is 5.55. The van der Waals surface area contributed by atoms with Gasteiger partial charge in [0.05, 0.1) is 11.2 Å². The third kappa shape index (κ3) is 5.88. The lowest BCUT2D eigenvalue weighted by Gasteiger charge is -2.34. The van der Waals surface area contributed by atoms with Crippen LogP contribution in [0.25, 0.3) is 0 Å². The minimum Gasteiger partial charge on any atom is -0.311 e. The molecule has 2 rings (SSSR count). The second-order valence-corrected chi connectivity index (χ2v) is 7.03. The third-order valence-electron chi connectivity index (χ3n) is 3.66. The second-order valence-electron chi connectivity index (χ2n) is 7.03. The van der Waals surface area contributed by atoms with E-state index in [-0.39, 0.29) is 11.6 Å². The van der Waals surface area contributed by atoms with E-state index in [0.717, 1.165) is 31.4 Å². The molecule has 0 aliphatic heterocycles. The van der Waals surface area contributed by atoms with Crippen molar-refractivity contribution in [1.82, 2.24) is 10.7 Å². The molecule has 0 bridgehead atoms. The first-order chi connectivity index (χ1) is 10.9. The molecular weight excluding hydrogens is 290 g/mol. The third-order valence-corrected chi connectivity index (χ3v) is 3.66. The van der Waals surface area contributed by atoms with Crippen molar-refractivity contribution in [3.63, 3.8) is 0 Å². The molecule has 0 unspecified atom stereocenters. The fraction of sp³-hybridized carbons (Fsp3) is 0.588. The quantitative estimate of drug-likeness (QED) is 0.574. The Morgan fingerprint density at radius 1 is 1.09 bits per heavy atom. The molecule has 0 spiro atoms. The monoisotopic (exact) mass is 317 g/mol. The standard InChI is InChI=1S/C17H27N5O/c1-16(2,3)21-22-17(12-8-5-9-13-17)18-15(23)20-19-14-10-6-4-7-11-14/h4,6-7,10-11,19H,5,8-9,12-13H2,1-3H3,(H2,18,20,23). The zero-order valence-corrected chi connectivity index (χ0v) is 14.2. The Balaban J connectivity index is 1.97. The molecule has 0 aromatic heterocycles. The first kappa shape index (κ1) is 17.2. The molecule has 1 aliphatic carbocycles. The lowest BCUT2D eigenvalue weighted by atomic mass is 9.89. The summed E-state index contributed by atoms with van der Waals surface area (Å²) < 4.78 is 0. The number of urea groups is 1. The maximum Gasteiger partial charge on any atom is 0.335 e.